The Hall–Kier alpha value is -1.73. The molecule has 1 aliphatic rings. The highest BCUT2D eigenvalue weighted by molar-refractivity contribution is 7.16. The highest BCUT2D eigenvalue weighted by Crippen LogP contribution is 2.26. The van der Waals surface area contributed by atoms with Crippen LogP contribution in [0.4, 0.5) is 5.82 Å². The number of fused-ring (bicyclic) bond motifs is 1. The summed E-state index contributed by atoms with van der Waals surface area (Å²) in [6.07, 6.45) is 0.830. The average Bonchev–Trinajstić information content (AvgIpc) is 3.08. The predicted octanol–water partition coefficient (Wildman–Crippen LogP) is 1.43. The third-order valence-corrected chi connectivity index (χ3v) is 4.56. The van der Waals surface area contributed by atoms with Crippen LogP contribution in [0.3, 0.4) is 0 Å². The van der Waals surface area contributed by atoms with Gasteiger partial charge < -0.3 is 11.1 Å². The van der Waals surface area contributed by atoms with Crippen LogP contribution >= 0.6 is 11.3 Å². The summed E-state index contributed by atoms with van der Waals surface area (Å²) in [5.74, 6) is 1.44. The van der Waals surface area contributed by atoms with E-state index < -0.39 is 0 Å². The van der Waals surface area contributed by atoms with E-state index in [1.807, 2.05) is 11.4 Å². The van der Waals surface area contributed by atoms with Gasteiger partial charge in [-0.2, -0.15) is 0 Å². The third kappa shape index (κ3) is 2.98. The number of hydrogen-bond acceptors (Lipinski definition) is 6. The summed E-state index contributed by atoms with van der Waals surface area (Å²) in [5.41, 5.74) is 5.37. The molecule has 0 radical (unpaired) electrons. The average molecular weight is 305 g/mol. The maximum Gasteiger partial charge on any atom is 0.221 e. The van der Waals surface area contributed by atoms with Gasteiger partial charge in [0, 0.05) is 13.1 Å². The number of likely N-dealkylation sites (tertiary alicyclic amines) is 1. The third-order valence-electron chi connectivity index (χ3n) is 3.76. The van der Waals surface area contributed by atoms with Gasteiger partial charge in [0.25, 0.3) is 0 Å². The van der Waals surface area contributed by atoms with Crippen LogP contribution in [0, 0.1) is 5.92 Å². The second kappa shape index (κ2) is 5.95. The lowest BCUT2D eigenvalue weighted by atomic mass is 10.1. The van der Waals surface area contributed by atoms with E-state index >= 15 is 0 Å². The Bertz CT molecular complexity index is 656. The van der Waals surface area contributed by atoms with Gasteiger partial charge in [-0.05, 0) is 31.3 Å². The number of nitrogens with zero attached hydrogens (tertiary/aromatic N) is 3. The van der Waals surface area contributed by atoms with Gasteiger partial charge in [-0.25, -0.2) is 9.97 Å². The number of carbonyl (C=O) groups is 1. The molecule has 1 aliphatic heterocycles. The SMILES string of the molecule is CCNc1nc(CN2CCC(C(N)=O)C2)nc2sccc12. The molecule has 0 bridgehead atoms. The van der Waals surface area contributed by atoms with Gasteiger partial charge in [0.1, 0.15) is 16.5 Å². The molecule has 3 heterocycles. The topological polar surface area (TPSA) is 84.1 Å². The molecule has 1 unspecified atom stereocenters. The van der Waals surface area contributed by atoms with Crippen LogP contribution in [0.25, 0.3) is 10.2 Å². The summed E-state index contributed by atoms with van der Waals surface area (Å²) >= 11 is 1.62. The minimum Gasteiger partial charge on any atom is -0.370 e. The van der Waals surface area contributed by atoms with E-state index in [9.17, 15) is 4.79 Å². The van der Waals surface area contributed by atoms with E-state index in [4.69, 9.17) is 5.73 Å². The van der Waals surface area contributed by atoms with E-state index in [0.29, 0.717) is 13.1 Å². The first-order valence-electron chi connectivity index (χ1n) is 7.17. The van der Waals surface area contributed by atoms with E-state index in [0.717, 1.165) is 41.4 Å². The molecule has 6 nitrogen and oxygen atoms in total. The Morgan fingerprint density at radius 3 is 3.14 bits per heavy atom. The maximum atomic E-state index is 11.2. The molecule has 2 aromatic heterocycles. The number of rotatable bonds is 5. The zero-order valence-corrected chi connectivity index (χ0v) is 12.8. The quantitative estimate of drug-likeness (QED) is 0.873. The molecule has 1 fully saturated rings. The summed E-state index contributed by atoms with van der Waals surface area (Å²) in [6, 6.07) is 2.04. The Balaban J connectivity index is 1.79. The molecule has 1 saturated heterocycles. The first-order chi connectivity index (χ1) is 10.2. The number of nitrogens with two attached hydrogens (primary N) is 1. The Morgan fingerprint density at radius 2 is 2.43 bits per heavy atom. The summed E-state index contributed by atoms with van der Waals surface area (Å²) in [5, 5.41) is 6.39. The molecular formula is C14H19N5OS. The standard InChI is InChI=1S/C14H19N5OS/c1-2-16-13-10-4-6-21-14(10)18-11(17-13)8-19-5-3-9(7-19)12(15)20/h4,6,9H,2-3,5,7-8H2,1H3,(H2,15,20)(H,16,17,18). The molecule has 7 heteroatoms. The molecule has 21 heavy (non-hydrogen) atoms. The van der Waals surface area contributed by atoms with Crippen LogP contribution in [0.1, 0.15) is 19.2 Å². The predicted molar refractivity (Wildman–Crippen MR) is 84.2 cm³/mol. The number of carbonyl (C=O) groups excluding carboxylic acids is 1. The van der Waals surface area contributed by atoms with E-state index in [1.165, 1.54) is 0 Å². The fourth-order valence-corrected chi connectivity index (χ4v) is 3.46. The van der Waals surface area contributed by atoms with Gasteiger partial charge in [0.05, 0.1) is 17.8 Å². The fraction of sp³-hybridized carbons (Fsp3) is 0.500. The number of thiophene rings is 1. The van der Waals surface area contributed by atoms with E-state index in [2.05, 4.69) is 27.1 Å². The monoisotopic (exact) mass is 305 g/mol. The van der Waals surface area contributed by atoms with Gasteiger partial charge in [-0.15, -0.1) is 11.3 Å². The van der Waals surface area contributed by atoms with Crippen LogP contribution in [-0.4, -0.2) is 40.4 Å². The smallest absolute Gasteiger partial charge is 0.221 e. The number of hydrogen-bond donors (Lipinski definition) is 2. The molecule has 1 atom stereocenters. The van der Waals surface area contributed by atoms with Crippen molar-refractivity contribution in [2.45, 2.75) is 19.9 Å². The minimum atomic E-state index is -0.208. The number of amides is 1. The second-order valence-corrected chi connectivity index (χ2v) is 6.18. The van der Waals surface area contributed by atoms with Crippen molar-refractivity contribution in [3.05, 3.63) is 17.3 Å². The fourth-order valence-electron chi connectivity index (χ4n) is 2.68. The van der Waals surface area contributed by atoms with Crippen LogP contribution in [0.15, 0.2) is 11.4 Å². The van der Waals surface area contributed by atoms with Crippen molar-refractivity contribution in [2.24, 2.45) is 11.7 Å². The van der Waals surface area contributed by atoms with Crippen molar-refractivity contribution < 1.29 is 4.79 Å². The van der Waals surface area contributed by atoms with Crippen molar-refractivity contribution in [1.29, 1.82) is 0 Å². The van der Waals surface area contributed by atoms with Crippen molar-refractivity contribution in [3.63, 3.8) is 0 Å². The largest absolute Gasteiger partial charge is 0.370 e. The van der Waals surface area contributed by atoms with Gasteiger partial charge in [0.15, 0.2) is 0 Å². The normalized spacial score (nSPS) is 19.2. The molecule has 1 amide bonds. The van der Waals surface area contributed by atoms with Crippen LogP contribution in [-0.2, 0) is 11.3 Å². The Kier molecular flexibility index (Phi) is 4.03. The molecule has 112 valence electrons. The summed E-state index contributed by atoms with van der Waals surface area (Å²) < 4.78 is 0. The molecule has 0 aliphatic carbocycles. The molecule has 3 rings (SSSR count). The highest BCUT2D eigenvalue weighted by Gasteiger charge is 2.27. The Labute approximate surface area is 127 Å². The van der Waals surface area contributed by atoms with Gasteiger partial charge in [0.2, 0.25) is 5.91 Å². The zero-order valence-electron chi connectivity index (χ0n) is 12.0. The van der Waals surface area contributed by atoms with Crippen molar-refractivity contribution >= 4 is 33.3 Å². The van der Waals surface area contributed by atoms with E-state index in [-0.39, 0.29) is 11.8 Å². The molecular weight excluding hydrogens is 286 g/mol. The van der Waals surface area contributed by atoms with Gasteiger partial charge in [-0.1, -0.05) is 0 Å². The first kappa shape index (κ1) is 14.2. The lowest BCUT2D eigenvalue weighted by Gasteiger charge is -2.15. The number of aromatic nitrogens is 2. The molecule has 0 saturated carbocycles. The van der Waals surface area contributed by atoms with Crippen molar-refractivity contribution in [2.75, 3.05) is 25.0 Å². The highest BCUT2D eigenvalue weighted by atomic mass is 32.1. The molecule has 2 aromatic rings. The molecule has 0 aromatic carbocycles. The number of anilines is 1. The number of primary amides is 1. The maximum absolute atomic E-state index is 11.2. The molecule has 3 N–H and O–H groups in total. The summed E-state index contributed by atoms with van der Waals surface area (Å²) in [6.45, 7) is 5.12. The van der Waals surface area contributed by atoms with Gasteiger partial charge >= 0.3 is 0 Å². The second-order valence-electron chi connectivity index (χ2n) is 5.28. The van der Waals surface area contributed by atoms with Crippen molar-refractivity contribution in [3.8, 4) is 0 Å². The number of nitrogens with one attached hydrogen (secondary N) is 1. The summed E-state index contributed by atoms with van der Waals surface area (Å²) in [7, 11) is 0. The van der Waals surface area contributed by atoms with Crippen LogP contribution < -0.4 is 11.1 Å². The van der Waals surface area contributed by atoms with Crippen LogP contribution in [0.2, 0.25) is 0 Å². The lowest BCUT2D eigenvalue weighted by molar-refractivity contribution is -0.121. The minimum absolute atomic E-state index is 0.0382. The van der Waals surface area contributed by atoms with Gasteiger partial charge in [-0.3, -0.25) is 9.69 Å². The van der Waals surface area contributed by atoms with Crippen LogP contribution in [0.5, 0.6) is 0 Å². The first-order valence-corrected chi connectivity index (χ1v) is 8.05. The Morgan fingerprint density at radius 1 is 1.57 bits per heavy atom. The van der Waals surface area contributed by atoms with Crippen molar-refractivity contribution in [1.82, 2.24) is 14.9 Å². The van der Waals surface area contributed by atoms with E-state index in [1.54, 1.807) is 11.3 Å². The molecule has 0 spiro atoms. The zero-order chi connectivity index (χ0) is 14.8. The summed E-state index contributed by atoms with van der Waals surface area (Å²) in [4.78, 5) is 23.7. The lowest BCUT2D eigenvalue weighted by Crippen LogP contribution is -2.27.